The average molecular weight is 449 g/mol. The Kier molecular flexibility index (Phi) is 5.93. The first kappa shape index (κ1) is 21.1. The topological polar surface area (TPSA) is 74.3 Å². The van der Waals surface area contributed by atoms with Gasteiger partial charge in [0.15, 0.2) is 0 Å². The minimum absolute atomic E-state index is 0.0280. The Labute approximate surface area is 190 Å². The Morgan fingerprint density at radius 3 is 2.81 bits per heavy atom. The average Bonchev–Trinajstić information content (AvgIpc) is 2.99. The summed E-state index contributed by atoms with van der Waals surface area (Å²) in [6.07, 6.45) is 1.71. The zero-order valence-corrected chi connectivity index (χ0v) is 19.1. The van der Waals surface area contributed by atoms with E-state index in [0.29, 0.717) is 18.8 Å². The first-order valence-electron chi connectivity index (χ1n) is 11.2. The molecular weight excluding hydrogens is 420 g/mol. The Balaban J connectivity index is 1.52. The van der Waals surface area contributed by atoms with Crippen molar-refractivity contribution in [2.45, 2.75) is 31.2 Å². The Bertz CT molecular complexity index is 1190. The van der Waals surface area contributed by atoms with Crippen molar-refractivity contribution in [2.75, 3.05) is 35.6 Å². The second kappa shape index (κ2) is 9.00. The fourth-order valence-corrected chi connectivity index (χ4v) is 5.81. The summed E-state index contributed by atoms with van der Waals surface area (Å²) < 4.78 is 12.7. The molecule has 1 atom stereocenters. The van der Waals surface area contributed by atoms with Gasteiger partial charge in [0.05, 0.1) is 22.0 Å². The maximum atomic E-state index is 13.0. The van der Waals surface area contributed by atoms with Gasteiger partial charge in [0.25, 0.3) is 0 Å². The molecule has 2 aromatic carbocycles. The van der Waals surface area contributed by atoms with Gasteiger partial charge in [-0.2, -0.15) is 0 Å². The quantitative estimate of drug-likeness (QED) is 0.640. The zero-order valence-electron chi connectivity index (χ0n) is 18.3. The van der Waals surface area contributed by atoms with Crippen LogP contribution in [0.25, 0.3) is 10.9 Å². The number of aryl methyl sites for hydroxylation is 1. The lowest BCUT2D eigenvalue weighted by Gasteiger charge is -2.25. The van der Waals surface area contributed by atoms with E-state index < -0.39 is 10.8 Å². The molecule has 3 aromatic rings. The molecule has 1 fully saturated rings. The van der Waals surface area contributed by atoms with Crippen LogP contribution < -0.4 is 15.5 Å². The Hall–Kier alpha value is -2.77. The van der Waals surface area contributed by atoms with E-state index in [-0.39, 0.29) is 11.8 Å². The molecule has 0 radical (unpaired) electrons. The van der Waals surface area contributed by atoms with E-state index in [4.69, 9.17) is 4.98 Å². The SMILES string of the molecule is Cc1ccc2nc(N3CCS(=O)c4ccccc4C3)cc(NC(=O)C3CCNCC3)c2c1. The molecular formula is C25H28N4O2S. The Morgan fingerprint density at radius 1 is 1.16 bits per heavy atom. The van der Waals surface area contributed by atoms with Crippen LogP contribution >= 0.6 is 0 Å². The highest BCUT2D eigenvalue weighted by Gasteiger charge is 2.24. The van der Waals surface area contributed by atoms with Crippen molar-refractivity contribution in [2.24, 2.45) is 5.92 Å². The number of carbonyl (C=O) groups is 1. The first-order valence-corrected chi connectivity index (χ1v) is 12.5. The monoisotopic (exact) mass is 448 g/mol. The maximum absolute atomic E-state index is 13.0. The maximum Gasteiger partial charge on any atom is 0.227 e. The smallest absolute Gasteiger partial charge is 0.227 e. The number of nitrogens with zero attached hydrogens (tertiary/aromatic N) is 2. The summed E-state index contributed by atoms with van der Waals surface area (Å²) in [6, 6.07) is 16.0. The van der Waals surface area contributed by atoms with Gasteiger partial charge in [-0.3, -0.25) is 9.00 Å². The standard InChI is InChI=1S/C25H28N4O2S/c1-17-6-7-21-20(14-17)22(28-25(30)18-8-10-26-11-9-18)15-24(27-21)29-12-13-32(31)23-5-3-2-4-19(23)16-29/h2-7,14-15,18,26H,8-13,16H2,1H3,(H,27,28,30). The van der Waals surface area contributed by atoms with Crippen LogP contribution in [0.5, 0.6) is 0 Å². The fourth-order valence-electron chi connectivity index (χ4n) is 4.55. The van der Waals surface area contributed by atoms with E-state index in [1.807, 2.05) is 49.4 Å². The molecule has 2 aliphatic rings. The predicted octanol–water partition coefficient (Wildman–Crippen LogP) is 3.61. The van der Waals surface area contributed by atoms with Crippen molar-refractivity contribution in [3.8, 4) is 0 Å². The van der Waals surface area contributed by atoms with Gasteiger partial charge in [-0.05, 0) is 56.6 Å². The molecule has 0 aliphatic carbocycles. The summed E-state index contributed by atoms with van der Waals surface area (Å²) >= 11 is 0. The number of hydrogen-bond acceptors (Lipinski definition) is 5. The zero-order chi connectivity index (χ0) is 22.1. The van der Waals surface area contributed by atoms with E-state index >= 15 is 0 Å². The minimum Gasteiger partial charge on any atom is -0.351 e. The fraction of sp³-hybridized carbons (Fsp3) is 0.360. The van der Waals surface area contributed by atoms with Crippen molar-refractivity contribution in [1.29, 1.82) is 0 Å². The summed E-state index contributed by atoms with van der Waals surface area (Å²) in [6.45, 7) is 5.10. The molecule has 32 heavy (non-hydrogen) atoms. The van der Waals surface area contributed by atoms with Gasteiger partial charge in [-0.25, -0.2) is 4.98 Å². The van der Waals surface area contributed by atoms with Crippen LogP contribution in [0.1, 0.15) is 24.0 Å². The molecule has 2 aliphatic heterocycles. The number of carbonyl (C=O) groups excluding carboxylic acids is 1. The normalized spacial score (nSPS) is 19.4. The highest BCUT2D eigenvalue weighted by molar-refractivity contribution is 7.85. The van der Waals surface area contributed by atoms with Gasteiger partial charge in [-0.15, -0.1) is 0 Å². The van der Waals surface area contributed by atoms with Crippen LogP contribution in [0.3, 0.4) is 0 Å². The van der Waals surface area contributed by atoms with Gasteiger partial charge in [0.1, 0.15) is 5.82 Å². The molecule has 0 spiro atoms. The summed E-state index contributed by atoms with van der Waals surface area (Å²) in [5, 5.41) is 7.48. The predicted molar refractivity (Wildman–Crippen MR) is 129 cm³/mol. The second-order valence-electron chi connectivity index (χ2n) is 8.64. The van der Waals surface area contributed by atoms with E-state index in [2.05, 4.69) is 21.6 Å². The van der Waals surface area contributed by atoms with Crippen LogP contribution in [-0.4, -0.2) is 40.5 Å². The third kappa shape index (κ3) is 4.27. The lowest BCUT2D eigenvalue weighted by molar-refractivity contribution is -0.120. The number of benzene rings is 2. The molecule has 5 rings (SSSR count). The number of fused-ring (bicyclic) bond motifs is 2. The number of anilines is 2. The van der Waals surface area contributed by atoms with Crippen molar-refractivity contribution in [1.82, 2.24) is 10.3 Å². The molecule has 6 nitrogen and oxygen atoms in total. The molecule has 1 saturated heterocycles. The summed E-state index contributed by atoms with van der Waals surface area (Å²) in [5.74, 6) is 1.46. The minimum atomic E-state index is -1.02. The Morgan fingerprint density at radius 2 is 1.97 bits per heavy atom. The largest absolute Gasteiger partial charge is 0.351 e. The van der Waals surface area contributed by atoms with Gasteiger partial charge in [0.2, 0.25) is 5.91 Å². The highest BCUT2D eigenvalue weighted by Crippen LogP contribution is 2.31. The van der Waals surface area contributed by atoms with Crippen molar-refractivity contribution < 1.29 is 9.00 Å². The van der Waals surface area contributed by atoms with Gasteiger partial charge < -0.3 is 15.5 Å². The molecule has 0 bridgehead atoms. The van der Waals surface area contributed by atoms with E-state index in [1.165, 1.54) is 0 Å². The summed E-state index contributed by atoms with van der Waals surface area (Å²) in [4.78, 5) is 21.0. The number of piperidine rings is 1. The number of rotatable bonds is 3. The van der Waals surface area contributed by atoms with Crippen LogP contribution in [-0.2, 0) is 22.1 Å². The van der Waals surface area contributed by atoms with Gasteiger partial charge >= 0.3 is 0 Å². The molecule has 0 saturated carbocycles. The van der Waals surface area contributed by atoms with E-state index in [0.717, 1.165) is 64.4 Å². The second-order valence-corrected chi connectivity index (χ2v) is 10.2. The van der Waals surface area contributed by atoms with Crippen LogP contribution in [0.15, 0.2) is 53.4 Å². The van der Waals surface area contributed by atoms with Crippen LogP contribution in [0.2, 0.25) is 0 Å². The number of nitrogens with one attached hydrogen (secondary N) is 2. The highest BCUT2D eigenvalue weighted by atomic mass is 32.2. The molecule has 166 valence electrons. The third-order valence-electron chi connectivity index (χ3n) is 6.37. The first-order chi connectivity index (χ1) is 15.6. The molecule has 1 aromatic heterocycles. The number of hydrogen-bond donors (Lipinski definition) is 2. The van der Waals surface area contributed by atoms with Gasteiger partial charge in [0, 0.05) is 41.1 Å². The van der Waals surface area contributed by atoms with E-state index in [9.17, 15) is 9.00 Å². The molecule has 3 heterocycles. The number of pyridine rings is 1. The summed E-state index contributed by atoms with van der Waals surface area (Å²) in [7, 11) is -1.02. The van der Waals surface area contributed by atoms with Crippen molar-refractivity contribution >= 4 is 39.1 Å². The third-order valence-corrected chi connectivity index (χ3v) is 7.81. The molecule has 1 amide bonds. The molecule has 7 heteroatoms. The molecule has 2 N–H and O–H groups in total. The van der Waals surface area contributed by atoms with Gasteiger partial charge in [-0.1, -0.05) is 29.8 Å². The van der Waals surface area contributed by atoms with E-state index in [1.54, 1.807) is 0 Å². The number of amides is 1. The number of aromatic nitrogens is 1. The molecule has 1 unspecified atom stereocenters. The summed E-state index contributed by atoms with van der Waals surface area (Å²) in [5.41, 5.74) is 3.85. The van der Waals surface area contributed by atoms with Crippen molar-refractivity contribution in [3.63, 3.8) is 0 Å². The lowest BCUT2D eigenvalue weighted by atomic mass is 9.97. The lowest BCUT2D eigenvalue weighted by Crippen LogP contribution is -2.34. The van der Waals surface area contributed by atoms with Crippen molar-refractivity contribution in [3.05, 3.63) is 59.7 Å². The van der Waals surface area contributed by atoms with Crippen LogP contribution in [0, 0.1) is 12.8 Å². The van der Waals surface area contributed by atoms with Crippen LogP contribution in [0.4, 0.5) is 11.5 Å².